The number of rotatable bonds is 13. The molecule has 3 aromatic carbocycles. The molecule has 0 aromatic heterocycles. The van der Waals surface area contributed by atoms with Crippen LogP contribution in [0, 0.1) is 5.82 Å². The maximum Gasteiger partial charge on any atom is 0.338 e. The second-order valence-electron chi connectivity index (χ2n) is 7.80. The number of aliphatic hydroxyl groups excluding tert-OH is 1. The van der Waals surface area contributed by atoms with Gasteiger partial charge in [-0.1, -0.05) is 36.4 Å². The van der Waals surface area contributed by atoms with E-state index in [0.29, 0.717) is 48.1 Å². The Hall–Kier alpha value is -3.88. The van der Waals surface area contributed by atoms with Gasteiger partial charge in [0.15, 0.2) is 11.5 Å². The molecule has 0 radical (unpaired) electrons. The van der Waals surface area contributed by atoms with Gasteiger partial charge in [-0.15, -0.1) is 0 Å². The van der Waals surface area contributed by atoms with E-state index in [0.717, 1.165) is 0 Å². The van der Waals surface area contributed by atoms with Crippen LogP contribution in [0.15, 0.2) is 72.8 Å². The topological polar surface area (TPSA) is 86.3 Å². The number of halogens is 1. The van der Waals surface area contributed by atoms with Crippen molar-refractivity contribution in [3.8, 4) is 17.2 Å². The molecule has 36 heavy (non-hydrogen) atoms. The highest BCUT2D eigenvalue weighted by molar-refractivity contribution is 6.21. The fourth-order valence-electron chi connectivity index (χ4n) is 3.34. The van der Waals surface area contributed by atoms with Crippen LogP contribution in [-0.4, -0.2) is 57.7 Å². The summed E-state index contributed by atoms with van der Waals surface area (Å²) in [6, 6.07) is 20.2. The van der Waals surface area contributed by atoms with Crippen molar-refractivity contribution >= 4 is 17.6 Å². The zero-order valence-electron chi connectivity index (χ0n) is 20.3. The van der Waals surface area contributed by atoms with E-state index in [9.17, 15) is 14.3 Å². The van der Waals surface area contributed by atoms with Crippen LogP contribution in [0.2, 0.25) is 0 Å². The molecule has 0 spiro atoms. The summed E-state index contributed by atoms with van der Waals surface area (Å²) in [5, 5.41) is 13.3. The van der Waals surface area contributed by atoms with E-state index in [1.165, 1.54) is 25.3 Å². The highest BCUT2D eigenvalue weighted by Gasteiger charge is 2.13. The summed E-state index contributed by atoms with van der Waals surface area (Å²) in [5.74, 6) is 0.894. The first-order chi connectivity index (χ1) is 17.5. The minimum Gasteiger partial charge on any atom is -0.493 e. The minimum atomic E-state index is -0.713. The third-order valence-corrected chi connectivity index (χ3v) is 5.16. The quantitative estimate of drug-likeness (QED) is 0.161. The first-order valence-electron chi connectivity index (χ1n) is 11.4. The van der Waals surface area contributed by atoms with Crippen LogP contribution >= 0.6 is 0 Å². The van der Waals surface area contributed by atoms with Crippen molar-refractivity contribution < 1.29 is 33.2 Å². The lowest BCUT2D eigenvalue weighted by Crippen LogP contribution is -2.33. The summed E-state index contributed by atoms with van der Waals surface area (Å²) in [7, 11) is 2.87. The molecule has 2 N–H and O–H groups in total. The van der Waals surface area contributed by atoms with E-state index < -0.39 is 17.9 Å². The van der Waals surface area contributed by atoms with Crippen LogP contribution < -0.4 is 19.5 Å². The number of methoxy groups -OCH3 is 2. The number of esters is 1. The zero-order valence-corrected chi connectivity index (χ0v) is 20.3. The maximum atomic E-state index is 13.6. The number of hydrogen-bond acceptors (Lipinski definition) is 7. The van der Waals surface area contributed by atoms with E-state index in [1.807, 2.05) is 24.3 Å². The van der Waals surface area contributed by atoms with Crippen LogP contribution in [0.4, 0.5) is 4.39 Å². The molecule has 8 heteroatoms. The highest BCUT2D eigenvalue weighted by Crippen LogP contribution is 2.25. The highest BCUT2D eigenvalue weighted by atomic mass is 19.1. The normalized spacial score (nSPS) is 12.1. The van der Waals surface area contributed by atoms with Crippen molar-refractivity contribution in [2.45, 2.75) is 6.10 Å². The van der Waals surface area contributed by atoms with Crippen molar-refractivity contribution in [1.29, 1.82) is 0 Å². The fraction of sp³-hybridized carbons (Fsp3) is 0.250. The number of para-hydroxylation sites is 2. The minimum absolute atomic E-state index is 0.103. The second kappa shape index (κ2) is 13.9. The Morgan fingerprint density at radius 2 is 1.75 bits per heavy atom. The molecule has 0 aliphatic carbocycles. The number of aliphatic hydroxyl groups is 1. The number of carbonyl (C=O) groups is 1. The lowest BCUT2D eigenvalue weighted by Gasteiger charge is -2.14. The molecule has 0 fully saturated rings. The predicted octanol–water partition coefficient (Wildman–Crippen LogP) is 3.96. The first-order valence-corrected chi connectivity index (χ1v) is 11.4. The Bertz CT molecular complexity index is 1150. The molecule has 1 atom stereocenters. The van der Waals surface area contributed by atoms with Gasteiger partial charge < -0.3 is 29.4 Å². The average molecular weight is 496 g/mol. The maximum absolute atomic E-state index is 13.6. The van der Waals surface area contributed by atoms with Gasteiger partial charge in [-0.2, -0.15) is 0 Å². The molecule has 7 nitrogen and oxygen atoms in total. The molecule has 0 amide bonds. The van der Waals surface area contributed by atoms with E-state index in [1.54, 1.807) is 43.5 Å². The summed E-state index contributed by atoms with van der Waals surface area (Å²) in [6.07, 6.45) is 0.908. The Morgan fingerprint density at radius 3 is 2.44 bits per heavy atom. The van der Waals surface area contributed by atoms with E-state index in [-0.39, 0.29) is 12.2 Å². The lowest BCUT2D eigenvalue weighted by molar-refractivity contribution is -0.133. The summed E-state index contributed by atoms with van der Waals surface area (Å²) < 4.78 is 35.0. The van der Waals surface area contributed by atoms with Crippen LogP contribution in [0.25, 0.3) is 11.6 Å². The van der Waals surface area contributed by atoms with Crippen LogP contribution in [0.5, 0.6) is 17.2 Å². The summed E-state index contributed by atoms with van der Waals surface area (Å²) in [5.41, 5.74) is 1.37. The monoisotopic (exact) mass is 495 g/mol. The molecule has 0 saturated heterocycles. The van der Waals surface area contributed by atoms with Gasteiger partial charge in [0.05, 0.1) is 19.8 Å². The Balaban J connectivity index is 1.45. The molecule has 0 aliphatic heterocycles. The van der Waals surface area contributed by atoms with Crippen molar-refractivity contribution in [2.24, 2.45) is 0 Å². The van der Waals surface area contributed by atoms with Gasteiger partial charge in [-0.05, 0) is 53.6 Å². The number of nitrogens with one attached hydrogen (secondary N) is 1. The van der Waals surface area contributed by atoms with Crippen molar-refractivity contribution in [2.75, 3.05) is 40.5 Å². The molecule has 0 saturated carbocycles. The van der Waals surface area contributed by atoms with Gasteiger partial charge in [0.25, 0.3) is 0 Å². The second-order valence-corrected chi connectivity index (χ2v) is 7.80. The molecule has 0 bridgehead atoms. The molecular weight excluding hydrogens is 465 g/mol. The molecule has 0 heterocycles. The average Bonchev–Trinajstić information content (AvgIpc) is 2.90. The molecule has 3 aromatic rings. The van der Waals surface area contributed by atoms with Gasteiger partial charge in [0.2, 0.25) is 0 Å². The van der Waals surface area contributed by atoms with Crippen LogP contribution in [0.1, 0.15) is 11.1 Å². The molecule has 3 rings (SSSR count). The largest absolute Gasteiger partial charge is 0.493 e. The fourth-order valence-corrected chi connectivity index (χ4v) is 3.34. The summed E-state index contributed by atoms with van der Waals surface area (Å²) in [4.78, 5) is 12.2. The Kier molecular flexibility index (Phi) is 10.3. The summed E-state index contributed by atoms with van der Waals surface area (Å²) in [6.45, 7) is 1.41. The van der Waals surface area contributed by atoms with Crippen molar-refractivity contribution in [1.82, 2.24) is 5.32 Å². The third-order valence-electron chi connectivity index (χ3n) is 5.16. The number of hydrogen-bond donors (Lipinski definition) is 2. The third kappa shape index (κ3) is 8.11. The molecule has 0 aliphatic rings. The van der Waals surface area contributed by atoms with Crippen molar-refractivity contribution in [3.63, 3.8) is 0 Å². The number of benzene rings is 3. The standard InChI is InChI=1S/C28H30FNO6/c1-33-26-8-3-4-9-27(26)35-15-14-30-18-23(31)19-36-24-12-10-20(11-13-24)16-25(28(32)34-2)21-6-5-7-22(29)17-21/h3-13,16-17,23,30-31H,14-15,18-19H2,1-2H3/b25-16+. The van der Waals surface area contributed by atoms with Crippen molar-refractivity contribution in [3.05, 3.63) is 89.7 Å². The molecule has 1 unspecified atom stereocenters. The molecule has 190 valence electrons. The van der Waals surface area contributed by atoms with E-state index in [2.05, 4.69) is 5.32 Å². The first kappa shape index (κ1) is 26.7. The Labute approximate surface area is 210 Å². The lowest BCUT2D eigenvalue weighted by atomic mass is 10.0. The van der Waals surface area contributed by atoms with Gasteiger partial charge in [0.1, 0.15) is 30.9 Å². The number of carbonyl (C=O) groups excluding carboxylic acids is 1. The van der Waals surface area contributed by atoms with Crippen LogP contribution in [0.3, 0.4) is 0 Å². The van der Waals surface area contributed by atoms with Gasteiger partial charge in [-0.25, -0.2) is 9.18 Å². The van der Waals surface area contributed by atoms with Gasteiger partial charge >= 0.3 is 5.97 Å². The zero-order chi connectivity index (χ0) is 25.8. The van der Waals surface area contributed by atoms with Crippen LogP contribution in [-0.2, 0) is 9.53 Å². The van der Waals surface area contributed by atoms with E-state index in [4.69, 9.17) is 18.9 Å². The Morgan fingerprint density at radius 1 is 1.00 bits per heavy atom. The SMILES string of the molecule is COC(=O)/C(=C/c1ccc(OCC(O)CNCCOc2ccccc2OC)cc1)c1cccc(F)c1. The molecular formula is C28H30FNO6. The van der Waals surface area contributed by atoms with E-state index >= 15 is 0 Å². The van der Waals surface area contributed by atoms with Gasteiger partial charge in [0, 0.05) is 13.1 Å². The summed E-state index contributed by atoms with van der Waals surface area (Å²) >= 11 is 0. The van der Waals surface area contributed by atoms with Gasteiger partial charge in [-0.3, -0.25) is 0 Å². The predicted molar refractivity (Wildman–Crippen MR) is 136 cm³/mol. The smallest absolute Gasteiger partial charge is 0.338 e. The number of ether oxygens (including phenoxy) is 4.